The average Bonchev–Trinajstić information content (AvgIpc) is 2.42. The van der Waals surface area contributed by atoms with Crippen molar-refractivity contribution in [2.45, 2.75) is 26.6 Å². The Kier molecular flexibility index (Phi) is 5.97. The number of aryl methyl sites for hydroxylation is 1. The van der Waals surface area contributed by atoms with Gasteiger partial charge in [-0.25, -0.2) is 0 Å². The Hall–Kier alpha value is -1.16. The van der Waals surface area contributed by atoms with Crippen molar-refractivity contribution in [2.24, 2.45) is 0 Å². The lowest BCUT2D eigenvalue weighted by atomic mass is 10.1. The van der Waals surface area contributed by atoms with Crippen molar-refractivity contribution in [3.05, 3.63) is 69.2 Å². The van der Waals surface area contributed by atoms with E-state index in [1.165, 1.54) is 26.7 Å². The quantitative estimate of drug-likeness (QED) is 0.846. The first-order chi connectivity index (χ1) is 10.1. The summed E-state index contributed by atoms with van der Waals surface area (Å²) in [7, 11) is 4.21. The molecule has 0 amide bonds. The van der Waals surface area contributed by atoms with Crippen LogP contribution in [0.15, 0.2) is 46.9 Å². The number of hydrogen-bond acceptors (Lipinski definition) is 2. The van der Waals surface area contributed by atoms with Gasteiger partial charge in [-0.15, -0.1) is 0 Å². The first-order valence-corrected chi connectivity index (χ1v) is 8.03. The van der Waals surface area contributed by atoms with Crippen LogP contribution in [0.1, 0.15) is 22.3 Å². The lowest BCUT2D eigenvalue weighted by Gasteiger charge is -2.15. The molecule has 112 valence electrons. The molecular formula is C18H23BrN2. The number of rotatable bonds is 6. The monoisotopic (exact) mass is 346 g/mol. The number of nitrogens with one attached hydrogen (secondary N) is 1. The summed E-state index contributed by atoms with van der Waals surface area (Å²) < 4.78 is 1.18. The summed E-state index contributed by atoms with van der Waals surface area (Å²) in [6.45, 7) is 4.85. The lowest BCUT2D eigenvalue weighted by Crippen LogP contribution is -2.17. The molecule has 0 aliphatic rings. The zero-order valence-electron chi connectivity index (χ0n) is 13.0. The first kappa shape index (κ1) is 16.2. The number of hydrogen-bond donors (Lipinski definition) is 1. The van der Waals surface area contributed by atoms with Gasteiger partial charge in [0.15, 0.2) is 0 Å². The molecule has 2 aromatic carbocycles. The Balaban J connectivity index is 1.97. The molecule has 0 aliphatic heterocycles. The molecule has 0 aromatic heterocycles. The molecule has 2 aromatic rings. The van der Waals surface area contributed by atoms with E-state index in [-0.39, 0.29) is 0 Å². The van der Waals surface area contributed by atoms with E-state index in [1.807, 2.05) is 0 Å². The van der Waals surface area contributed by atoms with E-state index in [0.29, 0.717) is 0 Å². The summed E-state index contributed by atoms with van der Waals surface area (Å²) in [4.78, 5) is 2.20. The van der Waals surface area contributed by atoms with Crippen LogP contribution in [0.2, 0.25) is 0 Å². The molecule has 2 rings (SSSR count). The van der Waals surface area contributed by atoms with Crippen LogP contribution < -0.4 is 5.32 Å². The molecule has 0 atom stereocenters. The molecule has 0 unspecified atom stereocenters. The van der Waals surface area contributed by atoms with Crippen molar-refractivity contribution in [1.82, 2.24) is 10.2 Å². The summed E-state index contributed by atoms with van der Waals surface area (Å²) >= 11 is 3.63. The summed E-state index contributed by atoms with van der Waals surface area (Å²) in [6.07, 6.45) is 0. The Morgan fingerprint density at radius 2 is 1.62 bits per heavy atom. The standard InChI is InChI=1S/C18H23BrN2/c1-14-8-9-16(18(19)10-14)12-20-11-15-6-4-5-7-17(15)13-21(2)3/h4-10,20H,11-13H2,1-3H3. The molecule has 3 heteroatoms. The molecule has 0 bridgehead atoms. The van der Waals surface area contributed by atoms with Crippen LogP contribution >= 0.6 is 15.9 Å². The largest absolute Gasteiger partial charge is 0.309 e. The van der Waals surface area contributed by atoms with Gasteiger partial charge < -0.3 is 10.2 Å². The van der Waals surface area contributed by atoms with Gasteiger partial charge in [0.05, 0.1) is 0 Å². The van der Waals surface area contributed by atoms with Crippen molar-refractivity contribution in [3.8, 4) is 0 Å². The fourth-order valence-corrected chi connectivity index (χ4v) is 2.99. The maximum absolute atomic E-state index is 3.63. The molecule has 21 heavy (non-hydrogen) atoms. The molecule has 0 spiro atoms. The maximum Gasteiger partial charge on any atom is 0.0230 e. The second-order valence-electron chi connectivity index (χ2n) is 5.70. The van der Waals surface area contributed by atoms with Gasteiger partial charge in [0.25, 0.3) is 0 Å². The van der Waals surface area contributed by atoms with Crippen LogP contribution in [-0.4, -0.2) is 19.0 Å². The second-order valence-corrected chi connectivity index (χ2v) is 6.56. The molecular weight excluding hydrogens is 324 g/mol. The van der Waals surface area contributed by atoms with Crippen molar-refractivity contribution in [3.63, 3.8) is 0 Å². The third-order valence-corrected chi connectivity index (χ3v) is 4.18. The smallest absolute Gasteiger partial charge is 0.0230 e. The van der Waals surface area contributed by atoms with Gasteiger partial charge in [-0.1, -0.05) is 52.3 Å². The minimum absolute atomic E-state index is 0.872. The summed E-state index contributed by atoms with van der Waals surface area (Å²) in [5, 5.41) is 3.54. The highest BCUT2D eigenvalue weighted by Gasteiger charge is 2.04. The van der Waals surface area contributed by atoms with Gasteiger partial charge in [0, 0.05) is 24.1 Å². The third kappa shape index (κ3) is 4.95. The Morgan fingerprint density at radius 3 is 2.29 bits per heavy atom. The average molecular weight is 347 g/mol. The van der Waals surface area contributed by atoms with Gasteiger partial charge in [-0.05, 0) is 49.3 Å². The van der Waals surface area contributed by atoms with E-state index in [0.717, 1.165) is 19.6 Å². The van der Waals surface area contributed by atoms with Crippen molar-refractivity contribution in [1.29, 1.82) is 0 Å². The molecule has 0 saturated carbocycles. The van der Waals surface area contributed by atoms with Gasteiger partial charge in [0.2, 0.25) is 0 Å². The van der Waals surface area contributed by atoms with Crippen molar-refractivity contribution in [2.75, 3.05) is 14.1 Å². The molecule has 0 heterocycles. The van der Waals surface area contributed by atoms with Gasteiger partial charge in [-0.2, -0.15) is 0 Å². The molecule has 0 radical (unpaired) electrons. The van der Waals surface area contributed by atoms with Crippen LogP contribution in [-0.2, 0) is 19.6 Å². The van der Waals surface area contributed by atoms with E-state index in [2.05, 4.69) is 89.6 Å². The SMILES string of the molecule is Cc1ccc(CNCc2ccccc2CN(C)C)c(Br)c1. The topological polar surface area (TPSA) is 15.3 Å². The Morgan fingerprint density at radius 1 is 0.952 bits per heavy atom. The number of halogens is 1. The van der Waals surface area contributed by atoms with Gasteiger partial charge in [0.1, 0.15) is 0 Å². The van der Waals surface area contributed by atoms with E-state index in [1.54, 1.807) is 0 Å². The van der Waals surface area contributed by atoms with E-state index in [4.69, 9.17) is 0 Å². The maximum atomic E-state index is 3.63. The van der Waals surface area contributed by atoms with Gasteiger partial charge in [-0.3, -0.25) is 0 Å². The highest BCUT2D eigenvalue weighted by Crippen LogP contribution is 2.18. The highest BCUT2D eigenvalue weighted by molar-refractivity contribution is 9.10. The minimum Gasteiger partial charge on any atom is -0.309 e. The van der Waals surface area contributed by atoms with Gasteiger partial charge >= 0.3 is 0 Å². The fraction of sp³-hybridized carbons (Fsp3) is 0.333. The van der Waals surface area contributed by atoms with Crippen LogP contribution in [0.3, 0.4) is 0 Å². The second kappa shape index (κ2) is 7.74. The Labute approximate surface area is 136 Å². The zero-order valence-corrected chi connectivity index (χ0v) is 14.6. The molecule has 0 fully saturated rings. The predicted molar refractivity (Wildman–Crippen MR) is 93.3 cm³/mol. The molecule has 2 nitrogen and oxygen atoms in total. The zero-order chi connectivity index (χ0) is 15.2. The Bertz CT molecular complexity index is 594. The van der Waals surface area contributed by atoms with Crippen LogP contribution in [0.5, 0.6) is 0 Å². The summed E-state index contributed by atoms with van der Waals surface area (Å²) in [5.74, 6) is 0. The van der Waals surface area contributed by atoms with Crippen molar-refractivity contribution >= 4 is 15.9 Å². The summed E-state index contributed by atoms with van der Waals surface area (Å²) in [6, 6.07) is 15.1. The van der Waals surface area contributed by atoms with E-state index in [9.17, 15) is 0 Å². The third-order valence-electron chi connectivity index (χ3n) is 3.44. The minimum atomic E-state index is 0.872. The molecule has 0 aliphatic carbocycles. The number of benzene rings is 2. The predicted octanol–water partition coefficient (Wildman–Crippen LogP) is 4.11. The fourth-order valence-electron chi connectivity index (χ4n) is 2.35. The molecule has 0 saturated heterocycles. The lowest BCUT2D eigenvalue weighted by molar-refractivity contribution is 0.400. The summed E-state index contributed by atoms with van der Waals surface area (Å²) in [5.41, 5.74) is 5.33. The normalized spacial score (nSPS) is 11.1. The van der Waals surface area contributed by atoms with Crippen LogP contribution in [0, 0.1) is 6.92 Å². The van der Waals surface area contributed by atoms with Crippen molar-refractivity contribution < 1.29 is 0 Å². The van der Waals surface area contributed by atoms with Crippen LogP contribution in [0.25, 0.3) is 0 Å². The van der Waals surface area contributed by atoms with Crippen LogP contribution in [0.4, 0.5) is 0 Å². The first-order valence-electron chi connectivity index (χ1n) is 7.23. The van der Waals surface area contributed by atoms with E-state index < -0.39 is 0 Å². The molecule has 1 N–H and O–H groups in total. The highest BCUT2D eigenvalue weighted by atomic mass is 79.9. The van der Waals surface area contributed by atoms with E-state index >= 15 is 0 Å². The number of nitrogens with zero attached hydrogens (tertiary/aromatic N) is 1.